The molecule has 18 heavy (non-hydrogen) atoms. The van der Waals surface area contributed by atoms with E-state index in [1.54, 1.807) is 30.6 Å². The summed E-state index contributed by atoms with van der Waals surface area (Å²) in [4.78, 5) is 7.26. The van der Waals surface area contributed by atoms with Gasteiger partial charge in [0, 0.05) is 24.5 Å². The third-order valence-corrected chi connectivity index (χ3v) is 3.12. The molecule has 0 aliphatic rings. The Hall–Kier alpha value is -1.39. The second-order valence-corrected chi connectivity index (χ2v) is 4.44. The van der Waals surface area contributed by atoms with Crippen LogP contribution in [0.4, 0.5) is 4.39 Å². The highest BCUT2D eigenvalue weighted by atomic mass is 35.5. The minimum Gasteiger partial charge on any atom is -0.347 e. The van der Waals surface area contributed by atoms with Crippen molar-refractivity contribution in [1.82, 2.24) is 15.3 Å². The van der Waals surface area contributed by atoms with Gasteiger partial charge in [0.2, 0.25) is 0 Å². The molecule has 96 valence electrons. The first kappa shape index (κ1) is 13.1. The van der Waals surface area contributed by atoms with Gasteiger partial charge >= 0.3 is 0 Å². The average Bonchev–Trinajstić information content (AvgIpc) is 2.89. The Bertz CT molecular complexity index is 499. The Labute approximate surface area is 110 Å². The Morgan fingerprint density at radius 1 is 1.50 bits per heavy atom. The molecular formula is C13H15ClFN3. The summed E-state index contributed by atoms with van der Waals surface area (Å²) < 4.78 is 13.7. The Balaban J connectivity index is 2.04. The minimum absolute atomic E-state index is 0.0818. The predicted octanol–water partition coefficient (Wildman–Crippen LogP) is 3.44. The van der Waals surface area contributed by atoms with Crippen molar-refractivity contribution in [2.75, 3.05) is 0 Å². The molecule has 2 N–H and O–H groups in total. The van der Waals surface area contributed by atoms with Crippen molar-refractivity contribution in [2.45, 2.75) is 25.9 Å². The first-order valence-electron chi connectivity index (χ1n) is 5.88. The number of halogens is 2. The lowest BCUT2D eigenvalue weighted by molar-refractivity contribution is 0.486. The maximum Gasteiger partial charge on any atom is 0.146 e. The van der Waals surface area contributed by atoms with Gasteiger partial charge in [-0.2, -0.15) is 0 Å². The van der Waals surface area contributed by atoms with Crippen molar-refractivity contribution in [3.05, 3.63) is 52.8 Å². The van der Waals surface area contributed by atoms with Gasteiger partial charge in [0.25, 0.3) is 0 Å². The molecule has 5 heteroatoms. The number of rotatable bonds is 5. The molecule has 0 radical (unpaired) electrons. The van der Waals surface area contributed by atoms with E-state index < -0.39 is 0 Å². The number of nitrogens with one attached hydrogen (secondary N) is 2. The highest BCUT2D eigenvalue weighted by Gasteiger charge is 2.12. The number of aromatic amines is 1. The quantitative estimate of drug-likeness (QED) is 0.871. The maximum absolute atomic E-state index is 13.7. The number of H-pyrrole nitrogens is 1. The Kier molecular flexibility index (Phi) is 4.33. The summed E-state index contributed by atoms with van der Waals surface area (Å²) in [6.45, 7) is 2.47. The van der Waals surface area contributed by atoms with Crippen LogP contribution in [0.3, 0.4) is 0 Å². The molecule has 0 aliphatic heterocycles. The molecular weight excluding hydrogens is 253 g/mol. The van der Waals surface area contributed by atoms with E-state index >= 15 is 0 Å². The van der Waals surface area contributed by atoms with Crippen LogP contribution in [0, 0.1) is 5.82 Å². The van der Waals surface area contributed by atoms with Gasteiger partial charge in [-0.1, -0.05) is 30.7 Å². The van der Waals surface area contributed by atoms with E-state index in [1.807, 2.05) is 0 Å². The fourth-order valence-electron chi connectivity index (χ4n) is 1.82. The van der Waals surface area contributed by atoms with Crippen molar-refractivity contribution in [3.8, 4) is 0 Å². The average molecular weight is 268 g/mol. The van der Waals surface area contributed by atoms with Gasteiger partial charge in [0.05, 0.1) is 11.1 Å². The lowest BCUT2D eigenvalue weighted by Crippen LogP contribution is -2.22. The predicted molar refractivity (Wildman–Crippen MR) is 69.9 cm³/mol. The summed E-state index contributed by atoms with van der Waals surface area (Å²) in [5, 5.41) is 3.42. The molecule has 1 aromatic heterocycles. The van der Waals surface area contributed by atoms with Crippen molar-refractivity contribution in [3.63, 3.8) is 0 Å². The molecule has 1 aromatic carbocycles. The number of aromatic nitrogens is 2. The molecule has 0 fully saturated rings. The van der Waals surface area contributed by atoms with E-state index in [0.29, 0.717) is 12.1 Å². The van der Waals surface area contributed by atoms with Gasteiger partial charge < -0.3 is 10.3 Å². The number of hydrogen-bond acceptors (Lipinski definition) is 2. The van der Waals surface area contributed by atoms with Gasteiger partial charge in [-0.15, -0.1) is 0 Å². The van der Waals surface area contributed by atoms with Crippen LogP contribution in [-0.4, -0.2) is 9.97 Å². The molecule has 0 spiro atoms. The summed E-state index contributed by atoms with van der Waals surface area (Å²) >= 11 is 5.74. The van der Waals surface area contributed by atoms with Crippen LogP contribution in [0.2, 0.25) is 5.02 Å². The van der Waals surface area contributed by atoms with Crippen molar-refractivity contribution in [2.24, 2.45) is 0 Å². The van der Waals surface area contributed by atoms with Crippen LogP contribution < -0.4 is 5.32 Å². The van der Waals surface area contributed by atoms with Crippen molar-refractivity contribution in [1.29, 1.82) is 0 Å². The lowest BCUT2D eigenvalue weighted by atomic mass is 10.1. The van der Waals surface area contributed by atoms with E-state index in [9.17, 15) is 4.39 Å². The number of imidazole rings is 1. The SMILES string of the molecule is CCC(NCc1cccc(Cl)c1F)c1ncc[nH]1. The van der Waals surface area contributed by atoms with E-state index in [2.05, 4.69) is 22.2 Å². The highest BCUT2D eigenvalue weighted by molar-refractivity contribution is 6.30. The highest BCUT2D eigenvalue weighted by Crippen LogP contribution is 2.19. The summed E-state index contributed by atoms with van der Waals surface area (Å²) in [7, 11) is 0. The van der Waals surface area contributed by atoms with Crippen LogP contribution >= 0.6 is 11.6 Å². The monoisotopic (exact) mass is 267 g/mol. The molecule has 0 aliphatic carbocycles. The van der Waals surface area contributed by atoms with E-state index in [-0.39, 0.29) is 16.9 Å². The molecule has 2 rings (SSSR count). The van der Waals surface area contributed by atoms with Crippen LogP contribution in [0.25, 0.3) is 0 Å². The summed E-state index contributed by atoms with van der Waals surface area (Å²) in [5.41, 5.74) is 0.563. The fraction of sp³-hybridized carbons (Fsp3) is 0.308. The number of benzene rings is 1. The normalized spacial score (nSPS) is 12.6. The second-order valence-electron chi connectivity index (χ2n) is 4.03. The molecule has 1 heterocycles. The minimum atomic E-state index is -0.360. The van der Waals surface area contributed by atoms with Crippen molar-refractivity contribution >= 4 is 11.6 Å². The number of nitrogens with zero attached hydrogens (tertiary/aromatic N) is 1. The zero-order valence-corrected chi connectivity index (χ0v) is 10.8. The molecule has 1 atom stereocenters. The smallest absolute Gasteiger partial charge is 0.146 e. The molecule has 3 nitrogen and oxygen atoms in total. The largest absolute Gasteiger partial charge is 0.347 e. The standard InChI is InChI=1S/C13H15ClFN3/c1-2-11(13-16-6-7-17-13)18-8-9-4-3-5-10(14)12(9)15/h3-7,11,18H,2,8H2,1H3,(H,16,17). The fourth-order valence-corrected chi connectivity index (χ4v) is 2.01. The molecule has 0 amide bonds. The third kappa shape index (κ3) is 2.89. The van der Waals surface area contributed by atoms with Crippen LogP contribution in [0.1, 0.15) is 30.8 Å². The van der Waals surface area contributed by atoms with Gasteiger partial charge in [-0.3, -0.25) is 0 Å². The number of hydrogen-bond donors (Lipinski definition) is 2. The molecule has 0 saturated carbocycles. The van der Waals surface area contributed by atoms with E-state index in [4.69, 9.17) is 11.6 Å². The first-order valence-corrected chi connectivity index (χ1v) is 6.25. The molecule has 0 bridgehead atoms. The molecule has 0 saturated heterocycles. The summed E-state index contributed by atoms with van der Waals surface area (Å²) in [6.07, 6.45) is 4.36. The molecule has 1 unspecified atom stereocenters. The van der Waals surface area contributed by atoms with Crippen molar-refractivity contribution < 1.29 is 4.39 Å². The third-order valence-electron chi connectivity index (χ3n) is 2.83. The first-order chi connectivity index (χ1) is 8.72. The topological polar surface area (TPSA) is 40.7 Å². The maximum atomic E-state index is 13.7. The van der Waals surface area contributed by atoms with E-state index in [0.717, 1.165) is 12.2 Å². The second kappa shape index (κ2) is 5.98. The summed E-state index contributed by atoms with van der Waals surface area (Å²) in [6, 6.07) is 5.10. The van der Waals surface area contributed by atoms with Gasteiger partial charge in [0.1, 0.15) is 11.6 Å². The van der Waals surface area contributed by atoms with Gasteiger partial charge in [-0.05, 0) is 12.5 Å². The van der Waals surface area contributed by atoms with Crippen LogP contribution in [0.5, 0.6) is 0 Å². The zero-order chi connectivity index (χ0) is 13.0. The van der Waals surface area contributed by atoms with Gasteiger partial charge in [0.15, 0.2) is 0 Å². The van der Waals surface area contributed by atoms with Crippen LogP contribution in [-0.2, 0) is 6.54 Å². The summed E-state index contributed by atoms with van der Waals surface area (Å²) in [5.74, 6) is 0.501. The zero-order valence-electron chi connectivity index (χ0n) is 10.1. The van der Waals surface area contributed by atoms with Gasteiger partial charge in [-0.25, -0.2) is 9.37 Å². The Morgan fingerprint density at radius 3 is 3.00 bits per heavy atom. The molecule has 2 aromatic rings. The Morgan fingerprint density at radius 2 is 2.33 bits per heavy atom. The van der Waals surface area contributed by atoms with Crippen LogP contribution in [0.15, 0.2) is 30.6 Å². The van der Waals surface area contributed by atoms with E-state index in [1.165, 1.54) is 0 Å². The lowest BCUT2D eigenvalue weighted by Gasteiger charge is -2.15.